The Labute approximate surface area is 252 Å². The topological polar surface area (TPSA) is 57.2 Å². The van der Waals surface area contributed by atoms with Crippen molar-refractivity contribution in [1.29, 1.82) is 0 Å². The number of ether oxygens (including phenoxy) is 1. The van der Waals surface area contributed by atoms with Gasteiger partial charge in [-0.05, 0) is 97.2 Å². The molecule has 8 heteroatoms. The van der Waals surface area contributed by atoms with Crippen molar-refractivity contribution < 1.29 is 30.6 Å². The van der Waals surface area contributed by atoms with E-state index in [1.54, 1.807) is 6.07 Å². The van der Waals surface area contributed by atoms with E-state index >= 15 is 0 Å². The van der Waals surface area contributed by atoms with E-state index in [0.717, 1.165) is 12.1 Å². The number of nitrogens with one attached hydrogen (secondary N) is 1. The van der Waals surface area contributed by atoms with Crippen molar-refractivity contribution in [2.45, 2.75) is 32.2 Å². The third-order valence-electron chi connectivity index (χ3n) is 7.49. The molecule has 0 saturated carbocycles. The van der Waals surface area contributed by atoms with Gasteiger partial charge in [0.05, 0.1) is 16.1 Å². The number of fused-ring (bicyclic) bond motifs is 1. The first-order valence-electron chi connectivity index (χ1n) is 18.1. The summed E-state index contributed by atoms with van der Waals surface area (Å²) in [5, 5.41) is 2.75. The standard InChI is InChI=1S/C33H36F2N4O2/c1-38-8-10-39(11-9-38)29-4-5-30(26(19-29)15-22-6-12-41-13-7-22)33(40)37-32-31-18-23(2-3-25(31)21-36-32)14-24-16-27(34)20-28(35)17-24/h2-5,16-20,22H,6-15,21H2,1H3,(H,36,37,40)/i4D,12D2,13D2,14D2,19D,20D. The largest absolute Gasteiger partial charge is 0.381 e. The molecule has 0 bridgehead atoms. The zero-order valence-corrected chi connectivity index (χ0v) is 22.6. The average molecular weight is 568 g/mol. The van der Waals surface area contributed by atoms with Gasteiger partial charge in [-0.2, -0.15) is 0 Å². The average Bonchev–Trinajstić information content (AvgIpc) is 3.42. The van der Waals surface area contributed by atoms with Crippen LogP contribution in [0.15, 0.2) is 59.5 Å². The maximum absolute atomic E-state index is 14.2. The molecule has 0 spiro atoms. The van der Waals surface area contributed by atoms with Crippen LogP contribution in [0.4, 0.5) is 14.5 Å². The first kappa shape index (κ1) is 18.7. The molecular weight excluding hydrogens is 522 g/mol. The molecule has 3 aromatic rings. The number of amidine groups is 1. The van der Waals surface area contributed by atoms with Gasteiger partial charge in [0.15, 0.2) is 0 Å². The van der Waals surface area contributed by atoms with Gasteiger partial charge in [0, 0.05) is 64.9 Å². The van der Waals surface area contributed by atoms with Crippen molar-refractivity contribution in [2.75, 3.05) is 51.2 Å². The van der Waals surface area contributed by atoms with Crippen LogP contribution in [0.1, 0.15) is 63.4 Å². The predicted molar refractivity (Wildman–Crippen MR) is 157 cm³/mol. The van der Waals surface area contributed by atoms with Crippen LogP contribution in [-0.4, -0.2) is 63.0 Å². The van der Waals surface area contributed by atoms with Crippen LogP contribution in [0.5, 0.6) is 0 Å². The number of amides is 1. The molecule has 1 N–H and O–H groups in total. The SMILES string of the molecule is [2H]c1cc(C(=O)NC2=NCc3ccc(C([2H])([2H])c4cc(F)c([2H])c(F)c4)cc32)c(CC2CC([2H])([2H])OC([2H])([2H])C2)c([2H])c1N1CCN(C)CC1. The molecule has 41 heavy (non-hydrogen) atoms. The summed E-state index contributed by atoms with van der Waals surface area (Å²) >= 11 is 0. The highest BCUT2D eigenvalue weighted by Crippen LogP contribution is 2.28. The van der Waals surface area contributed by atoms with Crippen LogP contribution in [0.3, 0.4) is 0 Å². The number of benzene rings is 3. The molecule has 214 valence electrons. The molecular formula is C33H36F2N4O2. The number of likely N-dealkylation sites (N-methyl/N-ethyl adjacent to an activating group) is 1. The van der Waals surface area contributed by atoms with E-state index in [2.05, 4.69) is 15.2 Å². The van der Waals surface area contributed by atoms with Crippen molar-refractivity contribution in [3.8, 4) is 0 Å². The zero-order valence-electron chi connectivity index (χ0n) is 31.6. The molecule has 3 aliphatic rings. The Morgan fingerprint density at radius 1 is 1.10 bits per heavy atom. The summed E-state index contributed by atoms with van der Waals surface area (Å²) in [4.78, 5) is 22.5. The number of anilines is 1. The molecule has 0 atom stereocenters. The Morgan fingerprint density at radius 2 is 1.85 bits per heavy atom. The van der Waals surface area contributed by atoms with Crippen molar-refractivity contribution in [3.63, 3.8) is 0 Å². The summed E-state index contributed by atoms with van der Waals surface area (Å²) in [6, 6.07) is 6.32. The lowest BCUT2D eigenvalue weighted by Gasteiger charge is -2.34. The molecule has 3 aliphatic heterocycles. The second kappa shape index (κ2) is 12.1. The van der Waals surface area contributed by atoms with Gasteiger partial charge in [0.2, 0.25) is 0 Å². The van der Waals surface area contributed by atoms with Crippen LogP contribution < -0.4 is 10.2 Å². The van der Waals surface area contributed by atoms with Crippen molar-refractivity contribution >= 4 is 17.4 Å². The summed E-state index contributed by atoms with van der Waals surface area (Å²) in [5.41, 5.74) is 1.27. The third-order valence-corrected chi connectivity index (χ3v) is 7.49. The van der Waals surface area contributed by atoms with E-state index in [1.807, 2.05) is 11.9 Å². The van der Waals surface area contributed by atoms with Crippen LogP contribution in [0.25, 0.3) is 0 Å². The molecule has 0 radical (unpaired) electrons. The van der Waals surface area contributed by atoms with Crippen LogP contribution in [0.2, 0.25) is 0 Å². The fourth-order valence-electron chi connectivity index (χ4n) is 5.20. The minimum absolute atomic E-state index is 0.0189. The molecule has 1 amide bonds. The summed E-state index contributed by atoms with van der Waals surface area (Å²) in [7, 11) is 1.97. The Kier molecular flexibility index (Phi) is 5.52. The first-order valence-corrected chi connectivity index (χ1v) is 13.6. The van der Waals surface area contributed by atoms with E-state index in [1.165, 1.54) is 18.2 Å². The van der Waals surface area contributed by atoms with E-state index in [9.17, 15) is 14.9 Å². The normalized spacial score (nSPS) is 23.8. The Bertz CT molecular complexity index is 1850. The second-order valence-electron chi connectivity index (χ2n) is 10.5. The zero-order chi connectivity index (χ0) is 36.3. The Balaban J connectivity index is 1.34. The molecule has 0 aromatic heterocycles. The van der Waals surface area contributed by atoms with Gasteiger partial charge in [0.25, 0.3) is 5.91 Å². The van der Waals surface area contributed by atoms with Gasteiger partial charge in [-0.1, -0.05) is 12.1 Å². The number of halogens is 2. The molecule has 3 heterocycles. The fraction of sp³-hybridized carbons (Fsp3) is 0.394. The highest BCUT2D eigenvalue weighted by molar-refractivity contribution is 6.14. The van der Waals surface area contributed by atoms with Gasteiger partial charge in [-0.15, -0.1) is 0 Å². The molecule has 6 nitrogen and oxygen atoms in total. The van der Waals surface area contributed by atoms with Crippen molar-refractivity contribution in [2.24, 2.45) is 10.9 Å². The fourth-order valence-corrected chi connectivity index (χ4v) is 5.20. The highest BCUT2D eigenvalue weighted by atomic mass is 19.1. The lowest BCUT2D eigenvalue weighted by Crippen LogP contribution is -2.44. The van der Waals surface area contributed by atoms with Crippen molar-refractivity contribution in [3.05, 3.63) is 99.5 Å². The quantitative estimate of drug-likeness (QED) is 0.457. The Morgan fingerprint density at radius 3 is 2.61 bits per heavy atom. The number of aliphatic imine (C=N–C) groups is 1. The molecule has 0 unspecified atom stereocenters. The van der Waals surface area contributed by atoms with E-state index < -0.39 is 49.0 Å². The molecule has 2 saturated heterocycles. The van der Waals surface area contributed by atoms with Crippen LogP contribution in [0, 0.1) is 17.6 Å². The maximum Gasteiger partial charge on any atom is 0.257 e. The van der Waals surface area contributed by atoms with Crippen LogP contribution in [-0.2, 0) is 24.1 Å². The first-order chi connectivity index (χ1) is 23.3. The molecule has 0 aliphatic carbocycles. The lowest BCUT2D eigenvalue weighted by atomic mass is 9.89. The van der Waals surface area contributed by atoms with Gasteiger partial charge in [0.1, 0.15) is 17.5 Å². The number of rotatable bonds is 6. The summed E-state index contributed by atoms with van der Waals surface area (Å²) < 4.78 is 109. The number of hydrogen-bond donors (Lipinski definition) is 1. The highest BCUT2D eigenvalue weighted by Gasteiger charge is 2.24. The smallest absolute Gasteiger partial charge is 0.257 e. The van der Waals surface area contributed by atoms with E-state index in [-0.39, 0.29) is 66.0 Å². The van der Waals surface area contributed by atoms with Gasteiger partial charge >= 0.3 is 0 Å². The number of nitrogens with zero attached hydrogens (tertiary/aromatic N) is 3. The maximum atomic E-state index is 14.2. The van der Waals surface area contributed by atoms with Gasteiger partial charge < -0.3 is 19.9 Å². The van der Waals surface area contributed by atoms with E-state index in [0.29, 0.717) is 43.0 Å². The molecule has 3 aromatic carbocycles. The lowest BCUT2D eigenvalue weighted by molar-refractivity contribution is 0.0664. The summed E-state index contributed by atoms with van der Waals surface area (Å²) in [6.07, 6.45) is -2.73. The van der Waals surface area contributed by atoms with E-state index in [4.69, 9.17) is 15.7 Å². The van der Waals surface area contributed by atoms with Gasteiger partial charge in [-0.3, -0.25) is 9.79 Å². The van der Waals surface area contributed by atoms with Crippen molar-refractivity contribution in [1.82, 2.24) is 10.2 Å². The van der Waals surface area contributed by atoms with Crippen LogP contribution >= 0.6 is 0 Å². The minimum atomic E-state index is -2.38. The molecule has 2 fully saturated rings. The third kappa shape index (κ3) is 6.49. The summed E-state index contributed by atoms with van der Waals surface area (Å²) in [5.74, 6) is -3.66. The number of hydrogen-bond acceptors (Lipinski definition) is 5. The predicted octanol–water partition coefficient (Wildman–Crippen LogP) is 4.97. The number of carbonyl (C=O) groups excluding carboxylic acids is 1. The Hall–Kier alpha value is -3.62. The second-order valence-corrected chi connectivity index (χ2v) is 10.5. The number of piperazine rings is 1. The minimum Gasteiger partial charge on any atom is -0.381 e. The monoisotopic (exact) mass is 567 g/mol. The molecule has 6 rings (SSSR count). The number of carbonyl (C=O) groups is 1. The summed E-state index contributed by atoms with van der Waals surface area (Å²) in [6.45, 7) is -1.86. The van der Waals surface area contributed by atoms with Gasteiger partial charge in [-0.25, -0.2) is 8.78 Å².